The Labute approximate surface area is 145 Å². The van der Waals surface area contributed by atoms with Gasteiger partial charge < -0.3 is 0 Å². The molecule has 24 heavy (non-hydrogen) atoms. The summed E-state index contributed by atoms with van der Waals surface area (Å²) in [5.74, 6) is -0.113. The number of hydrogen-bond donors (Lipinski definition) is 0. The highest BCUT2D eigenvalue weighted by atomic mass is 32.2. The van der Waals surface area contributed by atoms with Gasteiger partial charge in [0.1, 0.15) is 0 Å². The highest BCUT2D eigenvalue weighted by Gasteiger charge is 2.33. The maximum Gasteiger partial charge on any atom is 0.181 e. The molecule has 128 valence electrons. The van der Waals surface area contributed by atoms with Crippen molar-refractivity contribution in [3.05, 3.63) is 66.2 Å². The van der Waals surface area contributed by atoms with E-state index in [4.69, 9.17) is 0 Å². The topological polar surface area (TPSA) is 51.2 Å². The average Bonchev–Trinajstić information content (AvgIpc) is 2.54. The molecule has 0 aliphatic rings. The zero-order chi connectivity index (χ0) is 17.8. The molecular formula is C19H24O3SSi. The van der Waals surface area contributed by atoms with Gasteiger partial charge in [0.05, 0.1) is 10.1 Å². The Hall–Kier alpha value is -1.72. The normalized spacial score (nSPS) is 13.5. The first-order chi connectivity index (χ1) is 11.2. The third kappa shape index (κ3) is 4.88. The summed E-state index contributed by atoms with van der Waals surface area (Å²) in [6.07, 6.45) is 0.0332. The molecule has 0 aromatic heterocycles. The van der Waals surface area contributed by atoms with Gasteiger partial charge in [-0.2, -0.15) is 0 Å². The van der Waals surface area contributed by atoms with E-state index < -0.39 is 23.2 Å². The van der Waals surface area contributed by atoms with Gasteiger partial charge in [0.25, 0.3) is 0 Å². The van der Waals surface area contributed by atoms with Gasteiger partial charge in [-0.05, 0) is 18.2 Å². The number of Topliss-reactive ketones (excluding diaryl/α,β-unsaturated/α-hetero) is 1. The second-order valence-electron chi connectivity index (χ2n) is 7.24. The van der Waals surface area contributed by atoms with E-state index >= 15 is 0 Å². The van der Waals surface area contributed by atoms with Crippen LogP contribution in [0.5, 0.6) is 0 Å². The van der Waals surface area contributed by atoms with Crippen molar-refractivity contribution in [1.82, 2.24) is 0 Å². The van der Waals surface area contributed by atoms with Crippen molar-refractivity contribution in [2.24, 2.45) is 0 Å². The van der Waals surface area contributed by atoms with E-state index in [9.17, 15) is 13.2 Å². The van der Waals surface area contributed by atoms with Crippen molar-refractivity contribution in [3.63, 3.8) is 0 Å². The number of carbonyl (C=O) groups is 1. The first-order valence-corrected chi connectivity index (χ1v) is 13.3. The van der Waals surface area contributed by atoms with Crippen molar-refractivity contribution in [2.45, 2.75) is 42.3 Å². The molecule has 5 heteroatoms. The molecule has 1 atom stereocenters. The number of benzene rings is 2. The van der Waals surface area contributed by atoms with Crippen LogP contribution in [0.2, 0.25) is 25.7 Å². The molecule has 0 fully saturated rings. The van der Waals surface area contributed by atoms with Crippen LogP contribution in [0.15, 0.2) is 65.6 Å². The standard InChI is InChI=1S/C19H24O3SSi/c1-24(2,3)15-18(14-19(20)16-10-6-4-7-11-16)23(21,22)17-12-8-5-9-13-17/h4-13,18H,14-15H2,1-3H3. The molecule has 0 heterocycles. The molecule has 1 unspecified atom stereocenters. The van der Waals surface area contributed by atoms with Gasteiger partial charge in [-0.3, -0.25) is 4.79 Å². The van der Waals surface area contributed by atoms with Gasteiger partial charge in [-0.1, -0.05) is 68.2 Å². The van der Waals surface area contributed by atoms with Crippen molar-refractivity contribution >= 4 is 23.7 Å². The highest BCUT2D eigenvalue weighted by molar-refractivity contribution is 7.92. The molecule has 0 bridgehead atoms. The molecule has 2 aromatic rings. The molecule has 2 aromatic carbocycles. The Morgan fingerprint density at radius 2 is 1.42 bits per heavy atom. The summed E-state index contributed by atoms with van der Waals surface area (Å²) in [6, 6.07) is 17.9. The molecule has 0 N–H and O–H groups in total. The third-order valence-electron chi connectivity index (χ3n) is 3.86. The Kier molecular flexibility index (Phi) is 5.77. The van der Waals surface area contributed by atoms with Crippen LogP contribution in [0.1, 0.15) is 16.8 Å². The fourth-order valence-electron chi connectivity index (χ4n) is 2.73. The fourth-order valence-corrected chi connectivity index (χ4v) is 7.91. The number of rotatable bonds is 7. The summed E-state index contributed by atoms with van der Waals surface area (Å²) in [5.41, 5.74) is 0.571. The molecule has 0 spiro atoms. The first kappa shape index (κ1) is 18.6. The van der Waals surface area contributed by atoms with E-state index in [1.165, 1.54) is 0 Å². The van der Waals surface area contributed by atoms with E-state index in [1.807, 2.05) is 6.07 Å². The van der Waals surface area contributed by atoms with E-state index in [2.05, 4.69) is 19.6 Å². The number of ketones is 1. The second-order valence-corrected chi connectivity index (χ2v) is 15.0. The number of carbonyl (C=O) groups excluding carboxylic acids is 1. The molecular weight excluding hydrogens is 336 g/mol. The van der Waals surface area contributed by atoms with Gasteiger partial charge in [0.15, 0.2) is 15.6 Å². The van der Waals surface area contributed by atoms with Crippen LogP contribution in [0.3, 0.4) is 0 Å². The second kappa shape index (κ2) is 7.45. The van der Waals surface area contributed by atoms with E-state index in [0.29, 0.717) is 16.5 Å². The Balaban J connectivity index is 2.33. The van der Waals surface area contributed by atoms with Crippen LogP contribution in [0.25, 0.3) is 0 Å². The molecule has 0 aliphatic carbocycles. The number of hydrogen-bond acceptors (Lipinski definition) is 3. The Morgan fingerprint density at radius 3 is 1.92 bits per heavy atom. The van der Waals surface area contributed by atoms with Crippen LogP contribution in [0, 0.1) is 0 Å². The number of sulfone groups is 1. The van der Waals surface area contributed by atoms with Gasteiger partial charge in [0.2, 0.25) is 0 Å². The van der Waals surface area contributed by atoms with Crippen LogP contribution in [0.4, 0.5) is 0 Å². The molecule has 0 saturated heterocycles. The van der Waals surface area contributed by atoms with Crippen LogP contribution in [-0.4, -0.2) is 27.5 Å². The lowest BCUT2D eigenvalue weighted by Gasteiger charge is -2.24. The Bertz CT molecular complexity index is 778. The predicted octanol–water partition coefficient (Wildman–Crippen LogP) is 4.44. The molecule has 0 aliphatic heterocycles. The third-order valence-corrected chi connectivity index (χ3v) is 8.01. The molecule has 0 radical (unpaired) electrons. The quantitative estimate of drug-likeness (QED) is 0.542. The first-order valence-electron chi connectivity index (χ1n) is 8.07. The highest BCUT2D eigenvalue weighted by Crippen LogP contribution is 2.27. The smallest absolute Gasteiger partial charge is 0.181 e. The van der Waals surface area contributed by atoms with Gasteiger partial charge >= 0.3 is 0 Å². The monoisotopic (exact) mass is 360 g/mol. The molecule has 0 saturated carbocycles. The Morgan fingerprint density at radius 1 is 0.917 bits per heavy atom. The van der Waals surface area contributed by atoms with Crippen molar-refractivity contribution in [2.75, 3.05) is 0 Å². The molecule has 3 nitrogen and oxygen atoms in total. The SMILES string of the molecule is C[Si](C)(C)CC(CC(=O)c1ccccc1)S(=O)(=O)c1ccccc1. The summed E-state index contributed by atoms with van der Waals surface area (Å²) in [7, 11) is -5.19. The minimum atomic E-state index is -3.52. The molecule has 0 amide bonds. The van der Waals surface area contributed by atoms with Gasteiger partial charge in [-0.25, -0.2) is 8.42 Å². The lowest BCUT2D eigenvalue weighted by atomic mass is 10.1. The zero-order valence-corrected chi connectivity index (χ0v) is 16.2. The minimum absolute atomic E-state index is 0.0332. The van der Waals surface area contributed by atoms with Crippen molar-refractivity contribution in [1.29, 1.82) is 0 Å². The maximum absolute atomic E-state index is 13.0. The zero-order valence-electron chi connectivity index (χ0n) is 14.4. The fraction of sp³-hybridized carbons (Fsp3) is 0.316. The molecule has 2 rings (SSSR count). The largest absolute Gasteiger partial charge is 0.294 e. The van der Waals surface area contributed by atoms with E-state index in [-0.39, 0.29) is 12.2 Å². The van der Waals surface area contributed by atoms with Crippen LogP contribution >= 0.6 is 0 Å². The van der Waals surface area contributed by atoms with Gasteiger partial charge in [0, 0.05) is 20.1 Å². The summed E-state index contributed by atoms with van der Waals surface area (Å²) >= 11 is 0. The maximum atomic E-state index is 13.0. The minimum Gasteiger partial charge on any atom is -0.294 e. The summed E-state index contributed by atoms with van der Waals surface area (Å²) in [4.78, 5) is 12.9. The van der Waals surface area contributed by atoms with Crippen molar-refractivity contribution < 1.29 is 13.2 Å². The summed E-state index contributed by atoms with van der Waals surface area (Å²) < 4.78 is 26.1. The van der Waals surface area contributed by atoms with E-state index in [0.717, 1.165) is 0 Å². The van der Waals surface area contributed by atoms with Crippen molar-refractivity contribution in [3.8, 4) is 0 Å². The van der Waals surface area contributed by atoms with Gasteiger partial charge in [-0.15, -0.1) is 0 Å². The lowest BCUT2D eigenvalue weighted by molar-refractivity contribution is 0.0982. The van der Waals surface area contributed by atoms with Crippen LogP contribution < -0.4 is 0 Å². The summed E-state index contributed by atoms with van der Waals surface area (Å²) in [5, 5.41) is -0.667. The predicted molar refractivity (Wildman–Crippen MR) is 101 cm³/mol. The summed E-state index contributed by atoms with van der Waals surface area (Å²) in [6.45, 7) is 6.40. The average molecular weight is 361 g/mol. The van der Waals surface area contributed by atoms with E-state index in [1.54, 1.807) is 54.6 Å². The van der Waals surface area contributed by atoms with Crippen LogP contribution in [-0.2, 0) is 9.84 Å². The lowest BCUT2D eigenvalue weighted by Crippen LogP contribution is -2.34.